The van der Waals surface area contributed by atoms with Gasteiger partial charge in [0.15, 0.2) is 0 Å². The standard InChI is InChI=1S/C19H20N2O2.C19H24N2/c1-2-5-14-8-9-17(19(10-14)21(22)23)13-20-18-11-15-6-3-4-7-16(15)12-18;1-2-5-14-8-9-17(19(20)10-14)13-21-18-11-15-6-3-4-7-16(15)12-18/h2-10,18,20H,11-13H2,1H3;3-4,6-10,18,21H,2,5,11-13,20H2,1H3/b5-2+;. The lowest BCUT2D eigenvalue weighted by Gasteiger charge is -2.14. The largest absolute Gasteiger partial charge is 0.398 e. The van der Waals surface area contributed by atoms with Gasteiger partial charge in [-0.2, -0.15) is 0 Å². The van der Waals surface area contributed by atoms with Crippen molar-refractivity contribution in [1.29, 1.82) is 0 Å². The summed E-state index contributed by atoms with van der Waals surface area (Å²) in [4.78, 5) is 11.0. The zero-order valence-corrected chi connectivity index (χ0v) is 25.9. The van der Waals surface area contributed by atoms with E-state index in [0.717, 1.165) is 61.9 Å². The van der Waals surface area contributed by atoms with Gasteiger partial charge in [-0.25, -0.2) is 0 Å². The minimum absolute atomic E-state index is 0.184. The highest BCUT2D eigenvalue weighted by atomic mass is 16.6. The summed E-state index contributed by atoms with van der Waals surface area (Å²) in [7, 11) is 0. The first-order valence-corrected chi connectivity index (χ1v) is 15.8. The van der Waals surface area contributed by atoms with E-state index in [0.29, 0.717) is 18.6 Å². The molecule has 0 bridgehead atoms. The summed E-state index contributed by atoms with van der Waals surface area (Å²) in [6.07, 6.45) is 10.3. The average molecular weight is 589 g/mol. The van der Waals surface area contributed by atoms with Crippen molar-refractivity contribution in [3.8, 4) is 0 Å². The van der Waals surface area contributed by atoms with E-state index in [1.165, 1.54) is 33.4 Å². The van der Waals surface area contributed by atoms with E-state index in [9.17, 15) is 10.1 Å². The molecule has 0 atom stereocenters. The number of nitrogens with zero attached hydrogens (tertiary/aromatic N) is 1. The van der Waals surface area contributed by atoms with Crippen LogP contribution in [0.15, 0.2) is 91.0 Å². The van der Waals surface area contributed by atoms with Crippen LogP contribution in [0.2, 0.25) is 0 Å². The molecule has 0 unspecified atom stereocenters. The number of anilines is 1. The summed E-state index contributed by atoms with van der Waals surface area (Å²) in [5.41, 5.74) is 17.2. The number of hydrogen-bond acceptors (Lipinski definition) is 5. The van der Waals surface area contributed by atoms with Crippen molar-refractivity contribution in [3.05, 3.63) is 146 Å². The molecule has 0 aliphatic heterocycles. The Morgan fingerprint density at radius 3 is 1.80 bits per heavy atom. The maximum atomic E-state index is 11.3. The van der Waals surface area contributed by atoms with Crippen LogP contribution in [0.3, 0.4) is 0 Å². The first-order valence-electron chi connectivity index (χ1n) is 15.8. The Bertz CT molecular complexity index is 1560. The predicted octanol–water partition coefficient (Wildman–Crippen LogP) is 7.36. The smallest absolute Gasteiger partial charge is 0.274 e. The summed E-state index contributed by atoms with van der Waals surface area (Å²) in [5, 5.41) is 18.4. The molecule has 4 aromatic carbocycles. The van der Waals surface area contributed by atoms with Crippen LogP contribution in [-0.4, -0.2) is 17.0 Å². The number of nitro benzene ring substituents is 1. The van der Waals surface area contributed by atoms with Gasteiger partial charge in [-0.05, 0) is 84.0 Å². The quantitative estimate of drug-likeness (QED) is 0.102. The molecular formula is C38H44N4O2. The van der Waals surface area contributed by atoms with Gasteiger partial charge in [0.05, 0.1) is 4.92 Å². The third kappa shape index (κ3) is 8.01. The molecule has 0 saturated carbocycles. The SMILES string of the molecule is C/C=C/c1ccc(CNC2Cc3ccccc3C2)c([N+](=O)[O-])c1.CCCc1ccc(CNC2Cc3ccccc3C2)c(N)c1. The molecule has 0 radical (unpaired) electrons. The summed E-state index contributed by atoms with van der Waals surface area (Å²) in [6, 6.07) is 30.0. The van der Waals surface area contributed by atoms with Crippen molar-refractivity contribution in [1.82, 2.24) is 10.6 Å². The highest BCUT2D eigenvalue weighted by molar-refractivity contribution is 5.56. The summed E-state index contributed by atoms with van der Waals surface area (Å²) < 4.78 is 0. The van der Waals surface area contributed by atoms with Crippen molar-refractivity contribution < 1.29 is 4.92 Å². The van der Waals surface area contributed by atoms with Crippen molar-refractivity contribution in [2.24, 2.45) is 0 Å². The van der Waals surface area contributed by atoms with Crippen molar-refractivity contribution in [2.45, 2.75) is 77.5 Å². The zero-order valence-electron chi connectivity index (χ0n) is 25.9. The van der Waals surface area contributed by atoms with Gasteiger partial charge in [-0.3, -0.25) is 10.1 Å². The minimum Gasteiger partial charge on any atom is -0.398 e. The molecule has 0 amide bonds. The Balaban J connectivity index is 0.000000175. The van der Waals surface area contributed by atoms with E-state index in [2.05, 4.69) is 84.3 Å². The number of nitrogens with one attached hydrogen (secondary N) is 2. The Morgan fingerprint density at radius 1 is 0.795 bits per heavy atom. The summed E-state index contributed by atoms with van der Waals surface area (Å²) in [5.74, 6) is 0. The monoisotopic (exact) mass is 588 g/mol. The van der Waals surface area contributed by atoms with Crippen molar-refractivity contribution in [3.63, 3.8) is 0 Å². The van der Waals surface area contributed by atoms with Gasteiger partial charge in [-0.15, -0.1) is 0 Å². The topological polar surface area (TPSA) is 93.2 Å². The van der Waals surface area contributed by atoms with Crippen molar-refractivity contribution in [2.75, 3.05) is 5.73 Å². The zero-order chi connectivity index (χ0) is 30.9. The van der Waals surface area contributed by atoms with Gasteiger partial charge in [0.1, 0.15) is 0 Å². The third-order valence-electron chi connectivity index (χ3n) is 8.68. The van der Waals surface area contributed by atoms with Gasteiger partial charge < -0.3 is 16.4 Å². The number of hydrogen-bond donors (Lipinski definition) is 3. The maximum Gasteiger partial charge on any atom is 0.274 e. The molecule has 0 spiro atoms. The molecule has 2 aliphatic rings. The lowest BCUT2D eigenvalue weighted by molar-refractivity contribution is -0.385. The van der Waals surface area contributed by atoms with E-state index in [1.54, 1.807) is 6.07 Å². The summed E-state index contributed by atoms with van der Waals surface area (Å²) >= 11 is 0. The van der Waals surface area contributed by atoms with E-state index >= 15 is 0 Å². The second-order valence-electron chi connectivity index (χ2n) is 11.9. The van der Waals surface area contributed by atoms with Crippen molar-refractivity contribution >= 4 is 17.5 Å². The molecule has 6 heteroatoms. The van der Waals surface area contributed by atoms with Crippen LogP contribution in [0.25, 0.3) is 6.08 Å². The molecule has 4 aromatic rings. The number of nitrogens with two attached hydrogens (primary N) is 1. The van der Waals surface area contributed by atoms with Crippen LogP contribution >= 0.6 is 0 Å². The Morgan fingerprint density at radius 2 is 1.32 bits per heavy atom. The number of allylic oxidation sites excluding steroid dienone is 1. The number of nitro groups is 1. The number of fused-ring (bicyclic) bond motifs is 2. The lowest BCUT2D eigenvalue weighted by atomic mass is 10.1. The number of rotatable bonds is 10. The minimum atomic E-state index is -0.298. The Labute approximate surface area is 261 Å². The van der Waals surface area contributed by atoms with Crippen LogP contribution in [0.5, 0.6) is 0 Å². The van der Waals surface area contributed by atoms with Gasteiger partial charge in [0, 0.05) is 42.5 Å². The van der Waals surface area contributed by atoms with Crippen LogP contribution < -0.4 is 16.4 Å². The molecule has 228 valence electrons. The van der Waals surface area contributed by atoms with Crippen LogP contribution in [0.4, 0.5) is 11.4 Å². The third-order valence-corrected chi connectivity index (χ3v) is 8.68. The molecule has 6 rings (SSSR count). The lowest BCUT2D eigenvalue weighted by Crippen LogP contribution is -2.29. The van der Waals surface area contributed by atoms with Gasteiger partial charge in [0.25, 0.3) is 5.69 Å². The van der Waals surface area contributed by atoms with Gasteiger partial charge in [0.2, 0.25) is 0 Å². The number of nitrogen functional groups attached to an aromatic ring is 1. The van der Waals surface area contributed by atoms with Gasteiger partial charge in [-0.1, -0.05) is 98.3 Å². The Hall–Kier alpha value is -4.26. The van der Waals surface area contributed by atoms with E-state index in [-0.39, 0.29) is 10.6 Å². The second kappa shape index (κ2) is 15.0. The molecular weight excluding hydrogens is 544 g/mol. The normalized spacial score (nSPS) is 14.3. The average Bonchev–Trinajstić information content (AvgIpc) is 3.64. The maximum absolute atomic E-state index is 11.3. The van der Waals surface area contributed by atoms with E-state index in [1.807, 2.05) is 31.2 Å². The number of benzene rings is 4. The molecule has 44 heavy (non-hydrogen) atoms. The van der Waals surface area contributed by atoms with Crippen LogP contribution in [-0.2, 0) is 45.2 Å². The Kier molecular flexibility index (Phi) is 10.6. The summed E-state index contributed by atoms with van der Waals surface area (Å²) in [6.45, 7) is 5.48. The van der Waals surface area contributed by atoms with Gasteiger partial charge >= 0.3 is 0 Å². The molecule has 0 saturated heterocycles. The molecule has 0 aromatic heterocycles. The first-order chi connectivity index (χ1) is 21.4. The van der Waals surface area contributed by atoms with E-state index < -0.39 is 0 Å². The molecule has 0 heterocycles. The van der Waals surface area contributed by atoms with Crippen LogP contribution in [0, 0.1) is 10.1 Å². The first kappa shape index (κ1) is 31.2. The molecule has 0 fully saturated rings. The molecule has 6 nitrogen and oxygen atoms in total. The molecule has 2 aliphatic carbocycles. The second-order valence-corrected chi connectivity index (χ2v) is 11.9. The fraction of sp³-hybridized carbons (Fsp3) is 0.316. The predicted molar refractivity (Wildman–Crippen MR) is 182 cm³/mol. The fourth-order valence-electron chi connectivity index (χ4n) is 6.36. The highest BCUT2D eigenvalue weighted by Gasteiger charge is 2.22. The highest BCUT2D eigenvalue weighted by Crippen LogP contribution is 2.25. The fourth-order valence-corrected chi connectivity index (χ4v) is 6.36. The molecule has 4 N–H and O–H groups in total. The number of aryl methyl sites for hydroxylation is 1. The van der Waals surface area contributed by atoms with E-state index in [4.69, 9.17) is 5.73 Å². The van der Waals surface area contributed by atoms with Crippen LogP contribution in [0.1, 0.15) is 64.8 Å².